The number of aliphatic hydroxyl groups is 2. The summed E-state index contributed by atoms with van der Waals surface area (Å²) in [6.07, 6.45) is 3.92. The first-order valence-corrected chi connectivity index (χ1v) is 11.2. The second-order valence-electron chi connectivity index (χ2n) is 6.85. The molecule has 1 aliphatic heterocycles. The van der Waals surface area contributed by atoms with Gasteiger partial charge < -0.3 is 20.7 Å². The number of pyridine rings is 1. The molecule has 1 unspecified atom stereocenters. The Morgan fingerprint density at radius 1 is 1.42 bits per heavy atom. The molecule has 0 aromatic carbocycles. The lowest BCUT2D eigenvalue weighted by Crippen LogP contribution is -2.32. The molecule has 3 heterocycles. The second-order valence-corrected chi connectivity index (χ2v) is 11.6. The van der Waals surface area contributed by atoms with E-state index in [0.29, 0.717) is 28.4 Å². The highest BCUT2D eigenvalue weighted by molar-refractivity contribution is 7.80. The Balaban J connectivity index is 1.92. The lowest BCUT2D eigenvalue weighted by atomic mass is 10.1. The minimum absolute atomic E-state index is 0.331. The number of fused-ring (bicyclic) bond motifs is 1. The first-order chi connectivity index (χ1) is 11.2. The van der Waals surface area contributed by atoms with E-state index in [2.05, 4.69) is 42.2 Å². The molecule has 0 amide bonds. The Morgan fingerprint density at radius 2 is 2.12 bits per heavy atom. The Hall–Kier alpha value is -1.05. The summed E-state index contributed by atoms with van der Waals surface area (Å²) in [6.45, 7) is 3.02. The lowest BCUT2D eigenvalue weighted by molar-refractivity contribution is -0.0399. The number of ether oxygens (including phenoxy) is 1. The van der Waals surface area contributed by atoms with Crippen LogP contribution in [0.5, 0.6) is 0 Å². The molecular formula is C15H23N4O3PS. The Bertz CT molecular complexity index is 805. The van der Waals surface area contributed by atoms with E-state index in [1.54, 1.807) is 16.8 Å². The van der Waals surface area contributed by atoms with Gasteiger partial charge in [-0.05, 0) is 32.0 Å². The molecule has 1 saturated heterocycles. The number of nitrogens with two attached hydrogens (primary N) is 1. The Morgan fingerprint density at radius 3 is 2.79 bits per heavy atom. The third-order valence-corrected chi connectivity index (χ3v) is 5.99. The molecule has 7 nitrogen and oxygen atoms in total. The third kappa shape index (κ3) is 3.21. The zero-order valence-corrected chi connectivity index (χ0v) is 15.5. The summed E-state index contributed by atoms with van der Waals surface area (Å²) in [5, 5.41) is 21.1. The molecule has 9 heteroatoms. The molecule has 0 spiro atoms. The van der Waals surface area contributed by atoms with E-state index in [1.165, 1.54) is 0 Å². The van der Waals surface area contributed by atoms with Crippen molar-refractivity contribution in [3.05, 3.63) is 12.3 Å². The van der Waals surface area contributed by atoms with Crippen molar-refractivity contribution in [1.29, 1.82) is 0 Å². The topological polar surface area (TPSA) is 106 Å². The highest BCUT2D eigenvalue weighted by Gasteiger charge is 2.44. The molecule has 0 aliphatic carbocycles. The summed E-state index contributed by atoms with van der Waals surface area (Å²) in [5.41, 5.74) is 7.37. The summed E-state index contributed by atoms with van der Waals surface area (Å²) in [5.74, 6) is 0. The van der Waals surface area contributed by atoms with Crippen LogP contribution in [0.3, 0.4) is 0 Å². The number of aliphatic hydroxyl groups excluding tert-OH is 2. The summed E-state index contributed by atoms with van der Waals surface area (Å²) in [7, 11) is 0. The second kappa shape index (κ2) is 6.35. The van der Waals surface area contributed by atoms with Gasteiger partial charge in [0.15, 0.2) is 17.0 Å². The molecule has 24 heavy (non-hydrogen) atoms. The van der Waals surface area contributed by atoms with Crippen LogP contribution in [-0.2, 0) is 4.74 Å². The van der Waals surface area contributed by atoms with Crippen molar-refractivity contribution in [2.24, 2.45) is 0 Å². The quantitative estimate of drug-likeness (QED) is 0.473. The number of anilines is 1. The van der Waals surface area contributed by atoms with Crippen molar-refractivity contribution in [3.8, 4) is 0 Å². The summed E-state index contributed by atoms with van der Waals surface area (Å²) in [4.78, 5) is 8.56. The van der Waals surface area contributed by atoms with Gasteiger partial charge in [-0.3, -0.25) is 4.57 Å². The van der Waals surface area contributed by atoms with Crippen LogP contribution in [-0.4, -0.2) is 68.9 Å². The average molecular weight is 370 g/mol. The number of hydrogen-bond donors (Lipinski definition) is 4. The van der Waals surface area contributed by atoms with Gasteiger partial charge >= 0.3 is 0 Å². The molecule has 0 radical (unpaired) electrons. The molecule has 3 rings (SSSR count). The van der Waals surface area contributed by atoms with Crippen LogP contribution in [0.1, 0.15) is 12.6 Å². The molecule has 0 bridgehead atoms. The maximum atomic E-state index is 10.5. The first-order valence-electron chi connectivity index (χ1n) is 7.69. The van der Waals surface area contributed by atoms with Crippen molar-refractivity contribution in [1.82, 2.24) is 14.5 Å². The molecule has 2 aromatic heterocycles. The summed E-state index contributed by atoms with van der Waals surface area (Å²) in [6, 6.07) is 1.65. The van der Waals surface area contributed by atoms with Crippen LogP contribution in [0.4, 0.5) is 5.69 Å². The number of nitrogen functional groups attached to an aromatic ring is 1. The van der Waals surface area contributed by atoms with E-state index in [1.807, 2.05) is 0 Å². The Labute approximate surface area is 146 Å². The van der Waals surface area contributed by atoms with Gasteiger partial charge in [0.25, 0.3) is 0 Å². The molecule has 132 valence electrons. The van der Waals surface area contributed by atoms with Crippen LogP contribution in [0.2, 0.25) is 0 Å². The van der Waals surface area contributed by atoms with Crippen LogP contribution in [0.25, 0.3) is 11.2 Å². The van der Waals surface area contributed by atoms with Crippen LogP contribution < -0.4 is 5.73 Å². The fourth-order valence-corrected chi connectivity index (χ4v) is 4.15. The van der Waals surface area contributed by atoms with Gasteiger partial charge in [0.2, 0.25) is 0 Å². The normalized spacial score (nSPS) is 27.9. The number of hydrogen-bond acceptors (Lipinski definition) is 7. The molecule has 1 aliphatic rings. The number of rotatable bonds is 4. The molecule has 4 N–H and O–H groups in total. The van der Waals surface area contributed by atoms with Gasteiger partial charge in [-0.2, -0.15) is 0 Å². The van der Waals surface area contributed by atoms with Crippen molar-refractivity contribution < 1.29 is 14.9 Å². The highest BCUT2D eigenvalue weighted by atomic mass is 32.1. The highest BCUT2D eigenvalue weighted by Crippen LogP contribution is 2.40. The van der Waals surface area contributed by atoms with Gasteiger partial charge in [0.05, 0.1) is 11.8 Å². The number of nitrogens with zero attached hydrogens (tertiary/aromatic N) is 3. The van der Waals surface area contributed by atoms with Crippen molar-refractivity contribution in [3.63, 3.8) is 0 Å². The van der Waals surface area contributed by atoms with Crippen molar-refractivity contribution in [2.45, 2.75) is 36.1 Å². The smallest absolute Gasteiger partial charge is 0.169 e. The molecule has 2 aromatic rings. The Kier molecular flexibility index (Phi) is 4.70. The molecule has 1 fully saturated rings. The third-order valence-electron chi connectivity index (χ3n) is 4.20. The maximum absolute atomic E-state index is 10.5. The predicted octanol–water partition coefficient (Wildman–Crippen LogP) is 1.02. The minimum Gasteiger partial charge on any atom is -0.397 e. The van der Waals surface area contributed by atoms with E-state index in [0.717, 1.165) is 6.16 Å². The minimum atomic E-state index is -1.24. The largest absolute Gasteiger partial charge is 0.397 e. The SMILES string of the molecule is C=P(C)(C)CC[C@H]1OC(n2c(S)nc3c(N)ccnc32)[C@H](O)[C@@H]1O. The average Bonchev–Trinajstić information content (AvgIpc) is 2.96. The van der Waals surface area contributed by atoms with E-state index in [9.17, 15) is 10.2 Å². The number of thiol groups is 1. The van der Waals surface area contributed by atoms with Gasteiger partial charge in [-0.1, -0.05) is 0 Å². The number of aromatic nitrogens is 3. The van der Waals surface area contributed by atoms with Gasteiger partial charge in [-0.25, -0.2) is 9.97 Å². The fraction of sp³-hybridized carbons (Fsp3) is 0.533. The monoisotopic (exact) mass is 370 g/mol. The van der Waals surface area contributed by atoms with E-state index < -0.39 is 31.4 Å². The van der Waals surface area contributed by atoms with E-state index in [4.69, 9.17) is 10.5 Å². The van der Waals surface area contributed by atoms with Gasteiger partial charge in [0, 0.05) is 6.20 Å². The van der Waals surface area contributed by atoms with Crippen molar-refractivity contribution >= 4 is 42.7 Å². The van der Waals surface area contributed by atoms with Crippen LogP contribution >= 0.6 is 19.5 Å². The van der Waals surface area contributed by atoms with Crippen LogP contribution in [0, 0.1) is 0 Å². The van der Waals surface area contributed by atoms with Crippen molar-refractivity contribution in [2.75, 3.05) is 25.2 Å². The molecule has 4 atom stereocenters. The van der Waals surface area contributed by atoms with E-state index >= 15 is 0 Å². The zero-order valence-electron chi connectivity index (χ0n) is 13.7. The fourth-order valence-electron chi connectivity index (χ4n) is 2.89. The van der Waals surface area contributed by atoms with Gasteiger partial charge in [0.1, 0.15) is 17.7 Å². The number of imidazole rings is 1. The lowest BCUT2D eigenvalue weighted by Gasteiger charge is -2.19. The maximum Gasteiger partial charge on any atom is 0.169 e. The first kappa shape index (κ1) is 17.8. The summed E-state index contributed by atoms with van der Waals surface area (Å²) < 4.78 is 7.51. The zero-order chi connectivity index (χ0) is 17.6. The van der Waals surface area contributed by atoms with Gasteiger partial charge in [-0.15, -0.1) is 25.8 Å². The molecule has 0 saturated carbocycles. The predicted molar refractivity (Wildman–Crippen MR) is 100 cm³/mol. The molecular weight excluding hydrogens is 347 g/mol. The van der Waals surface area contributed by atoms with Crippen LogP contribution in [0.15, 0.2) is 17.4 Å². The summed E-state index contributed by atoms with van der Waals surface area (Å²) >= 11 is 4.36. The standard InChI is InChI=1S/C15H23N4O3PS/c1-23(2,3)7-5-9-11(20)12(21)14(22-9)19-13-10(18-15(19)24)8(16)4-6-17-13/h4,6,9,11-12,14,20-21H,1,5,7H2,2-3H3,(H2,16,17)(H,18,24)/t9-,11-,12-,14?/m1/s1. The van der Waals surface area contributed by atoms with E-state index in [-0.39, 0.29) is 0 Å².